The molecule has 1 aromatic rings. The summed E-state index contributed by atoms with van der Waals surface area (Å²) in [7, 11) is 0. The Morgan fingerprint density at radius 2 is 2.10 bits per heavy atom. The van der Waals surface area contributed by atoms with Crippen molar-refractivity contribution in [3.63, 3.8) is 0 Å². The van der Waals surface area contributed by atoms with Gasteiger partial charge in [0.15, 0.2) is 0 Å². The van der Waals surface area contributed by atoms with Crippen molar-refractivity contribution in [2.45, 2.75) is 64.6 Å². The van der Waals surface area contributed by atoms with Gasteiger partial charge in [-0.05, 0) is 38.8 Å². The second-order valence-corrected chi connectivity index (χ2v) is 5.72. The van der Waals surface area contributed by atoms with E-state index >= 15 is 0 Å². The molecule has 0 radical (unpaired) electrons. The van der Waals surface area contributed by atoms with Crippen molar-refractivity contribution in [3.8, 4) is 0 Å². The Balaban J connectivity index is 1.76. The van der Waals surface area contributed by atoms with Crippen LogP contribution < -0.4 is 10.6 Å². The molecular formula is C16H25N3O. The third kappa shape index (κ3) is 4.60. The number of aryl methyl sites for hydroxylation is 1. The van der Waals surface area contributed by atoms with Gasteiger partial charge in [-0.3, -0.25) is 9.78 Å². The first kappa shape index (κ1) is 15.0. The van der Waals surface area contributed by atoms with Gasteiger partial charge in [0.25, 0.3) is 0 Å². The molecule has 1 aromatic heterocycles. The molecule has 0 spiro atoms. The van der Waals surface area contributed by atoms with Crippen molar-refractivity contribution in [1.82, 2.24) is 15.6 Å². The zero-order valence-electron chi connectivity index (χ0n) is 12.5. The van der Waals surface area contributed by atoms with Gasteiger partial charge in [0, 0.05) is 18.3 Å². The number of rotatable bonds is 5. The van der Waals surface area contributed by atoms with Crippen LogP contribution in [0.2, 0.25) is 0 Å². The molecule has 4 heteroatoms. The molecule has 0 bridgehead atoms. The summed E-state index contributed by atoms with van der Waals surface area (Å²) < 4.78 is 0. The molecule has 2 rings (SSSR count). The minimum absolute atomic E-state index is 0.101. The Bertz CT molecular complexity index is 441. The maximum atomic E-state index is 12.1. The van der Waals surface area contributed by atoms with Crippen molar-refractivity contribution < 1.29 is 4.79 Å². The molecule has 1 saturated carbocycles. The van der Waals surface area contributed by atoms with Crippen molar-refractivity contribution in [3.05, 3.63) is 29.6 Å². The number of hydrogen-bond donors (Lipinski definition) is 2. The van der Waals surface area contributed by atoms with Gasteiger partial charge in [0.2, 0.25) is 5.91 Å². The Labute approximate surface area is 121 Å². The van der Waals surface area contributed by atoms with Crippen LogP contribution in [0.15, 0.2) is 18.2 Å². The van der Waals surface area contributed by atoms with E-state index < -0.39 is 0 Å². The molecule has 0 saturated heterocycles. The summed E-state index contributed by atoms with van der Waals surface area (Å²) in [6, 6.07) is 6.14. The third-order valence-corrected chi connectivity index (χ3v) is 3.88. The van der Waals surface area contributed by atoms with Crippen LogP contribution in [-0.2, 0) is 11.3 Å². The van der Waals surface area contributed by atoms with Gasteiger partial charge < -0.3 is 10.6 Å². The molecule has 1 amide bonds. The Kier molecular flexibility index (Phi) is 5.53. The summed E-state index contributed by atoms with van der Waals surface area (Å²) in [6.45, 7) is 4.51. The average Bonchev–Trinajstić information content (AvgIpc) is 2.46. The standard InChI is InChI=1S/C16H25N3O/c1-12-7-6-10-15(18-12)11-17-13(2)16(20)19-14-8-4-3-5-9-14/h6-7,10,13-14,17H,3-5,8-9,11H2,1-2H3,(H,19,20). The number of carbonyl (C=O) groups excluding carboxylic acids is 1. The molecule has 1 aliphatic rings. The molecule has 0 aromatic carbocycles. The number of amides is 1. The molecule has 0 aliphatic heterocycles. The summed E-state index contributed by atoms with van der Waals surface area (Å²) in [5, 5.41) is 6.39. The quantitative estimate of drug-likeness (QED) is 0.867. The lowest BCUT2D eigenvalue weighted by Crippen LogP contribution is -2.46. The van der Waals surface area contributed by atoms with Gasteiger partial charge >= 0.3 is 0 Å². The highest BCUT2D eigenvalue weighted by molar-refractivity contribution is 5.81. The first-order chi connectivity index (χ1) is 9.65. The van der Waals surface area contributed by atoms with E-state index in [9.17, 15) is 4.79 Å². The van der Waals surface area contributed by atoms with Gasteiger partial charge in [-0.1, -0.05) is 25.3 Å². The van der Waals surface area contributed by atoms with Crippen LogP contribution in [-0.4, -0.2) is 23.0 Å². The van der Waals surface area contributed by atoms with Gasteiger partial charge in [-0.2, -0.15) is 0 Å². The van der Waals surface area contributed by atoms with E-state index in [0.717, 1.165) is 24.2 Å². The van der Waals surface area contributed by atoms with Crippen LogP contribution in [0.25, 0.3) is 0 Å². The molecule has 4 nitrogen and oxygen atoms in total. The monoisotopic (exact) mass is 275 g/mol. The topological polar surface area (TPSA) is 54.0 Å². The zero-order valence-corrected chi connectivity index (χ0v) is 12.5. The van der Waals surface area contributed by atoms with E-state index in [4.69, 9.17) is 0 Å². The lowest BCUT2D eigenvalue weighted by atomic mass is 9.95. The number of hydrogen-bond acceptors (Lipinski definition) is 3. The summed E-state index contributed by atoms with van der Waals surface area (Å²) >= 11 is 0. The normalized spacial score (nSPS) is 17.7. The molecule has 1 heterocycles. The molecule has 1 atom stereocenters. The maximum absolute atomic E-state index is 12.1. The highest BCUT2D eigenvalue weighted by Crippen LogP contribution is 2.17. The maximum Gasteiger partial charge on any atom is 0.237 e. The summed E-state index contributed by atoms with van der Waals surface area (Å²) in [5.41, 5.74) is 1.98. The SMILES string of the molecule is Cc1cccc(CNC(C)C(=O)NC2CCCCC2)n1. The van der Waals surface area contributed by atoms with Gasteiger partial charge in [0.05, 0.1) is 11.7 Å². The summed E-state index contributed by atoms with van der Waals surface area (Å²) in [5.74, 6) is 0.101. The van der Waals surface area contributed by atoms with Crippen LogP contribution in [0.4, 0.5) is 0 Å². The van der Waals surface area contributed by atoms with Crippen LogP contribution in [0.3, 0.4) is 0 Å². The molecule has 110 valence electrons. The number of carbonyl (C=O) groups is 1. The van der Waals surface area contributed by atoms with E-state index in [1.807, 2.05) is 32.0 Å². The van der Waals surface area contributed by atoms with Crippen molar-refractivity contribution in [2.75, 3.05) is 0 Å². The fourth-order valence-corrected chi connectivity index (χ4v) is 2.62. The van der Waals surface area contributed by atoms with Gasteiger partial charge in [-0.25, -0.2) is 0 Å². The van der Waals surface area contributed by atoms with E-state index in [2.05, 4.69) is 15.6 Å². The fraction of sp³-hybridized carbons (Fsp3) is 0.625. The van der Waals surface area contributed by atoms with E-state index in [-0.39, 0.29) is 11.9 Å². The van der Waals surface area contributed by atoms with E-state index in [1.54, 1.807) is 0 Å². The number of aromatic nitrogens is 1. The predicted octanol–water partition coefficient (Wildman–Crippen LogP) is 2.32. The minimum Gasteiger partial charge on any atom is -0.352 e. The van der Waals surface area contributed by atoms with Crippen molar-refractivity contribution in [2.24, 2.45) is 0 Å². The van der Waals surface area contributed by atoms with Crippen molar-refractivity contribution >= 4 is 5.91 Å². The first-order valence-corrected chi connectivity index (χ1v) is 7.61. The fourth-order valence-electron chi connectivity index (χ4n) is 2.62. The highest BCUT2D eigenvalue weighted by atomic mass is 16.2. The second kappa shape index (κ2) is 7.39. The Morgan fingerprint density at radius 1 is 1.35 bits per heavy atom. The first-order valence-electron chi connectivity index (χ1n) is 7.61. The molecule has 1 unspecified atom stereocenters. The van der Waals surface area contributed by atoms with Crippen molar-refractivity contribution in [1.29, 1.82) is 0 Å². The van der Waals surface area contributed by atoms with E-state index in [0.29, 0.717) is 12.6 Å². The minimum atomic E-state index is -0.181. The zero-order chi connectivity index (χ0) is 14.4. The van der Waals surface area contributed by atoms with E-state index in [1.165, 1.54) is 19.3 Å². The number of pyridine rings is 1. The number of nitrogens with one attached hydrogen (secondary N) is 2. The Morgan fingerprint density at radius 3 is 2.80 bits per heavy atom. The lowest BCUT2D eigenvalue weighted by molar-refractivity contribution is -0.123. The molecular weight excluding hydrogens is 250 g/mol. The van der Waals surface area contributed by atoms with Crippen LogP contribution in [0, 0.1) is 6.92 Å². The molecule has 1 fully saturated rings. The average molecular weight is 275 g/mol. The molecule has 2 N–H and O–H groups in total. The van der Waals surface area contributed by atoms with Crippen LogP contribution >= 0.6 is 0 Å². The summed E-state index contributed by atoms with van der Waals surface area (Å²) in [6.07, 6.45) is 6.02. The smallest absolute Gasteiger partial charge is 0.237 e. The van der Waals surface area contributed by atoms with Crippen LogP contribution in [0.1, 0.15) is 50.4 Å². The summed E-state index contributed by atoms with van der Waals surface area (Å²) in [4.78, 5) is 16.5. The third-order valence-electron chi connectivity index (χ3n) is 3.88. The molecule has 1 aliphatic carbocycles. The lowest BCUT2D eigenvalue weighted by Gasteiger charge is -2.24. The number of nitrogens with zero attached hydrogens (tertiary/aromatic N) is 1. The van der Waals surface area contributed by atoms with Gasteiger partial charge in [-0.15, -0.1) is 0 Å². The largest absolute Gasteiger partial charge is 0.352 e. The molecule has 20 heavy (non-hydrogen) atoms. The van der Waals surface area contributed by atoms with Crippen LogP contribution in [0.5, 0.6) is 0 Å². The highest BCUT2D eigenvalue weighted by Gasteiger charge is 2.19. The van der Waals surface area contributed by atoms with Gasteiger partial charge in [0.1, 0.15) is 0 Å². The Hall–Kier alpha value is -1.42. The second-order valence-electron chi connectivity index (χ2n) is 5.72. The predicted molar refractivity (Wildman–Crippen MR) is 80.3 cm³/mol.